The molecule has 0 saturated heterocycles. The van der Waals surface area contributed by atoms with Crippen molar-refractivity contribution in [2.45, 2.75) is 40.3 Å². The Morgan fingerprint density at radius 1 is 1.30 bits per heavy atom. The van der Waals surface area contributed by atoms with Crippen LogP contribution in [0.1, 0.15) is 38.3 Å². The smallest absolute Gasteiger partial charge is 0.165 e. The first-order valence-electron chi connectivity index (χ1n) is 7.07. The lowest BCUT2D eigenvalue weighted by atomic mass is 9.85. The normalized spacial score (nSPS) is 18.9. The van der Waals surface area contributed by atoms with Crippen LogP contribution in [0, 0.1) is 12.3 Å². The van der Waals surface area contributed by atoms with Gasteiger partial charge in [0, 0.05) is 30.5 Å². The number of nitrogens with zero attached hydrogens (tertiary/aromatic N) is 4. The van der Waals surface area contributed by atoms with Gasteiger partial charge in [-0.3, -0.25) is 4.98 Å². The maximum Gasteiger partial charge on any atom is 0.165 e. The summed E-state index contributed by atoms with van der Waals surface area (Å²) in [5.74, 6) is 1.96. The van der Waals surface area contributed by atoms with Crippen LogP contribution in [-0.2, 0) is 6.54 Å². The number of nitrogens with one attached hydrogen (secondary N) is 1. The lowest BCUT2D eigenvalue weighted by Gasteiger charge is -2.34. The van der Waals surface area contributed by atoms with E-state index < -0.39 is 0 Å². The van der Waals surface area contributed by atoms with Crippen LogP contribution in [0.2, 0.25) is 0 Å². The van der Waals surface area contributed by atoms with E-state index in [1.165, 1.54) is 0 Å². The average Bonchev–Trinajstić information content (AvgIpc) is 2.81. The summed E-state index contributed by atoms with van der Waals surface area (Å²) in [6.45, 7) is 10.5. The Morgan fingerprint density at radius 2 is 2.10 bits per heavy atom. The van der Waals surface area contributed by atoms with Crippen LogP contribution >= 0.6 is 0 Å². The van der Waals surface area contributed by atoms with Gasteiger partial charge in [0.2, 0.25) is 0 Å². The minimum absolute atomic E-state index is 0.118. The van der Waals surface area contributed by atoms with Crippen molar-refractivity contribution in [1.29, 1.82) is 0 Å². The van der Waals surface area contributed by atoms with Crippen LogP contribution in [0.15, 0.2) is 18.3 Å². The molecule has 5 nitrogen and oxygen atoms in total. The molecule has 0 fully saturated rings. The monoisotopic (exact) mass is 271 g/mol. The minimum Gasteiger partial charge on any atom is -0.308 e. The second-order valence-corrected chi connectivity index (χ2v) is 6.42. The number of fused-ring (bicyclic) bond motifs is 1. The van der Waals surface area contributed by atoms with Gasteiger partial charge in [-0.1, -0.05) is 20.8 Å². The van der Waals surface area contributed by atoms with Crippen LogP contribution < -0.4 is 5.32 Å². The zero-order valence-electron chi connectivity index (χ0n) is 12.5. The van der Waals surface area contributed by atoms with Gasteiger partial charge in [-0.25, -0.2) is 0 Å². The number of hydrogen-bond donors (Lipinski definition) is 1. The van der Waals surface area contributed by atoms with Crippen molar-refractivity contribution in [2.75, 3.05) is 6.54 Å². The van der Waals surface area contributed by atoms with Gasteiger partial charge in [0.25, 0.3) is 0 Å². The lowest BCUT2D eigenvalue weighted by Crippen LogP contribution is -2.40. The fourth-order valence-corrected chi connectivity index (χ4v) is 2.77. The van der Waals surface area contributed by atoms with Crippen molar-refractivity contribution >= 4 is 0 Å². The summed E-state index contributed by atoms with van der Waals surface area (Å²) in [5, 5.41) is 12.4. The fourth-order valence-electron chi connectivity index (χ4n) is 2.77. The summed E-state index contributed by atoms with van der Waals surface area (Å²) in [4.78, 5) is 4.36. The van der Waals surface area contributed by atoms with Gasteiger partial charge < -0.3 is 9.88 Å². The zero-order valence-corrected chi connectivity index (χ0v) is 12.5. The molecule has 1 atom stereocenters. The van der Waals surface area contributed by atoms with E-state index in [9.17, 15) is 0 Å². The van der Waals surface area contributed by atoms with E-state index >= 15 is 0 Å². The standard InChI is InChI=1S/C15H21N5/c1-10-11(6-5-7-16-10)13-18-19-14-12(15(2,3)4)17-8-9-20(13)14/h5-7,12,17H,8-9H2,1-4H3. The Labute approximate surface area is 119 Å². The molecule has 0 aromatic carbocycles. The van der Waals surface area contributed by atoms with Gasteiger partial charge in [-0.15, -0.1) is 10.2 Å². The Hall–Kier alpha value is -1.75. The Balaban J connectivity index is 2.10. The minimum atomic E-state index is 0.118. The lowest BCUT2D eigenvalue weighted by molar-refractivity contribution is 0.234. The third-order valence-electron chi connectivity index (χ3n) is 3.84. The molecular formula is C15H21N5. The first-order valence-corrected chi connectivity index (χ1v) is 7.07. The SMILES string of the molecule is Cc1ncccc1-c1nnc2n1CCNC2C(C)(C)C. The van der Waals surface area contributed by atoms with Gasteiger partial charge in [-0.05, 0) is 24.5 Å². The zero-order chi connectivity index (χ0) is 14.3. The van der Waals surface area contributed by atoms with Crippen molar-refractivity contribution in [1.82, 2.24) is 25.1 Å². The van der Waals surface area contributed by atoms with Crippen molar-refractivity contribution in [3.05, 3.63) is 29.8 Å². The molecule has 1 aliphatic rings. The molecule has 1 aliphatic heterocycles. The van der Waals surface area contributed by atoms with Crippen molar-refractivity contribution in [3.8, 4) is 11.4 Å². The Morgan fingerprint density at radius 3 is 2.80 bits per heavy atom. The van der Waals surface area contributed by atoms with E-state index in [0.717, 1.165) is 36.0 Å². The van der Waals surface area contributed by atoms with Gasteiger partial charge in [-0.2, -0.15) is 0 Å². The number of pyridine rings is 1. The molecule has 0 amide bonds. The van der Waals surface area contributed by atoms with Crippen LogP contribution in [0.5, 0.6) is 0 Å². The van der Waals surface area contributed by atoms with Gasteiger partial charge >= 0.3 is 0 Å². The second-order valence-electron chi connectivity index (χ2n) is 6.42. The van der Waals surface area contributed by atoms with E-state index in [1.54, 1.807) is 0 Å². The van der Waals surface area contributed by atoms with Gasteiger partial charge in [0.15, 0.2) is 11.6 Å². The molecule has 3 heterocycles. The highest BCUT2D eigenvalue weighted by Crippen LogP contribution is 2.35. The fraction of sp³-hybridized carbons (Fsp3) is 0.533. The molecule has 0 spiro atoms. The Kier molecular flexibility index (Phi) is 3.09. The molecule has 0 saturated carbocycles. The first-order chi connectivity index (χ1) is 9.48. The molecule has 2 aromatic heterocycles. The van der Waals surface area contributed by atoms with Crippen molar-refractivity contribution in [3.63, 3.8) is 0 Å². The van der Waals surface area contributed by atoms with E-state index in [4.69, 9.17) is 0 Å². The van der Waals surface area contributed by atoms with Crippen LogP contribution in [0.4, 0.5) is 0 Å². The Bertz CT molecular complexity index is 623. The van der Waals surface area contributed by atoms with E-state index in [0.29, 0.717) is 0 Å². The maximum absolute atomic E-state index is 4.44. The quantitative estimate of drug-likeness (QED) is 0.865. The van der Waals surface area contributed by atoms with Crippen molar-refractivity contribution < 1.29 is 0 Å². The van der Waals surface area contributed by atoms with E-state index in [2.05, 4.69) is 51.9 Å². The molecule has 20 heavy (non-hydrogen) atoms. The summed E-state index contributed by atoms with van der Waals surface area (Å²) < 4.78 is 2.23. The van der Waals surface area contributed by atoms with E-state index in [1.807, 2.05) is 19.2 Å². The molecule has 0 radical (unpaired) electrons. The molecule has 0 bridgehead atoms. The van der Waals surface area contributed by atoms with Crippen molar-refractivity contribution in [2.24, 2.45) is 5.41 Å². The average molecular weight is 271 g/mol. The highest BCUT2D eigenvalue weighted by atomic mass is 15.3. The predicted octanol–water partition coefficient (Wildman–Crippen LogP) is 2.34. The molecule has 1 N–H and O–H groups in total. The molecule has 1 unspecified atom stereocenters. The molecule has 5 heteroatoms. The molecule has 0 aliphatic carbocycles. The summed E-state index contributed by atoms with van der Waals surface area (Å²) in [7, 11) is 0. The number of rotatable bonds is 1. The third kappa shape index (κ3) is 2.12. The number of aromatic nitrogens is 4. The first kappa shape index (κ1) is 13.2. The van der Waals surface area contributed by atoms with Crippen LogP contribution in [0.3, 0.4) is 0 Å². The predicted molar refractivity (Wildman–Crippen MR) is 78.2 cm³/mol. The highest BCUT2D eigenvalue weighted by Gasteiger charge is 2.34. The van der Waals surface area contributed by atoms with Gasteiger partial charge in [0.05, 0.1) is 6.04 Å². The molecule has 106 valence electrons. The summed E-state index contributed by atoms with van der Waals surface area (Å²) in [6, 6.07) is 4.24. The molecular weight excluding hydrogens is 250 g/mol. The third-order valence-corrected chi connectivity index (χ3v) is 3.84. The summed E-state index contributed by atoms with van der Waals surface area (Å²) in [5.41, 5.74) is 2.18. The maximum atomic E-state index is 4.44. The molecule has 2 aromatic rings. The number of hydrogen-bond acceptors (Lipinski definition) is 4. The van der Waals surface area contributed by atoms with Gasteiger partial charge in [0.1, 0.15) is 0 Å². The number of aryl methyl sites for hydroxylation is 1. The van der Waals surface area contributed by atoms with Crippen LogP contribution in [0.25, 0.3) is 11.4 Å². The largest absolute Gasteiger partial charge is 0.308 e. The summed E-state index contributed by atoms with van der Waals surface area (Å²) >= 11 is 0. The summed E-state index contributed by atoms with van der Waals surface area (Å²) in [6.07, 6.45) is 1.81. The highest BCUT2D eigenvalue weighted by molar-refractivity contribution is 5.58. The molecule has 3 rings (SSSR count). The van der Waals surface area contributed by atoms with E-state index in [-0.39, 0.29) is 11.5 Å². The van der Waals surface area contributed by atoms with Crippen LogP contribution in [-0.4, -0.2) is 26.3 Å². The topological polar surface area (TPSA) is 55.6 Å². The second kappa shape index (κ2) is 4.66.